The van der Waals surface area contributed by atoms with E-state index >= 15 is 0 Å². The number of aryl methyl sites for hydroxylation is 1. The number of rotatable bonds is 15. The Balaban J connectivity index is 1.72. The van der Waals surface area contributed by atoms with Crippen molar-refractivity contribution in [2.45, 2.75) is 11.8 Å². The maximum Gasteiger partial charge on any atom is 0.280 e. The fourth-order valence-electron chi connectivity index (χ4n) is 4.38. The van der Waals surface area contributed by atoms with Crippen molar-refractivity contribution in [3.63, 3.8) is 0 Å². The molecule has 3 aromatic carbocycles. The lowest BCUT2D eigenvalue weighted by Gasteiger charge is -2.21. The molecule has 0 aliphatic heterocycles. The number of amides is 1. The molecule has 0 aliphatic rings. The number of methoxy groups -OCH3 is 5. The van der Waals surface area contributed by atoms with Gasteiger partial charge in [0.15, 0.2) is 11.5 Å². The van der Waals surface area contributed by atoms with Crippen molar-refractivity contribution < 1.29 is 36.9 Å². The summed E-state index contributed by atoms with van der Waals surface area (Å²) in [5.74, 6) is 0.765. The highest BCUT2D eigenvalue weighted by atomic mass is 32.2. The second kappa shape index (κ2) is 15.3. The molecule has 0 saturated carbocycles. The molecule has 0 radical (unpaired) electrons. The van der Waals surface area contributed by atoms with Crippen LogP contribution in [0.5, 0.6) is 17.2 Å². The average molecular weight is 657 g/mol. The van der Waals surface area contributed by atoms with Gasteiger partial charge < -0.3 is 23.7 Å². The van der Waals surface area contributed by atoms with E-state index in [1.807, 2.05) is 25.1 Å². The smallest absolute Gasteiger partial charge is 0.280 e. The first kappa shape index (κ1) is 33.8. The SMILES string of the molecule is COCCN(CCOC)S(=O)(=O)c1ccc(C(=O)N(/N=C/c2cc(OC)c(OC)c(OC)c2)c2nc3ccc(C)cc3s2)cc1. The summed E-state index contributed by atoms with van der Waals surface area (Å²) in [4.78, 5) is 18.6. The van der Waals surface area contributed by atoms with E-state index in [0.29, 0.717) is 27.9 Å². The zero-order valence-electron chi connectivity index (χ0n) is 26.0. The number of aromatic nitrogens is 1. The molecule has 1 amide bonds. The number of fused-ring (bicyclic) bond motifs is 1. The summed E-state index contributed by atoms with van der Waals surface area (Å²) in [6.07, 6.45) is 1.49. The minimum Gasteiger partial charge on any atom is -0.493 e. The fourth-order valence-corrected chi connectivity index (χ4v) is 6.81. The first-order chi connectivity index (χ1) is 21.7. The molecule has 4 rings (SSSR count). The van der Waals surface area contributed by atoms with E-state index in [4.69, 9.17) is 23.7 Å². The second-order valence-electron chi connectivity index (χ2n) is 9.70. The van der Waals surface area contributed by atoms with E-state index < -0.39 is 15.9 Å². The molecule has 0 spiro atoms. The number of sulfonamides is 1. The average Bonchev–Trinajstić information content (AvgIpc) is 3.46. The van der Waals surface area contributed by atoms with Gasteiger partial charge in [0.2, 0.25) is 20.9 Å². The minimum absolute atomic E-state index is 0.0363. The van der Waals surface area contributed by atoms with Crippen LogP contribution in [-0.2, 0) is 19.5 Å². The van der Waals surface area contributed by atoms with Gasteiger partial charge in [-0.3, -0.25) is 4.79 Å². The molecule has 45 heavy (non-hydrogen) atoms. The Morgan fingerprint density at radius 1 is 0.889 bits per heavy atom. The van der Waals surface area contributed by atoms with Crippen LogP contribution in [0.25, 0.3) is 10.2 Å². The zero-order chi connectivity index (χ0) is 32.6. The Labute approximate surface area is 266 Å². The Hall–Kier alpha value is -4.08. The van der Waals surface area contributed by atoms with E-state index in [1.165, 1.54) is 86.7 Å². The van der Waals surface area contributed by atoms with Crippen LogP contribution in [0.2, 0.25) is 0 Å². The maximum atomic E-state index is 14.0. The van der Waals surface area contributed by atoms with E-state index in [0.717, 1.165) is 15.8 Å². The third-order valence-corrected chi connectivity index (χ3v) is 9.65. The highest BCUT2D eigenvalue weighted by molar-refractivity contribution is 7.89. The van der Waals surface area contributed by atoms with Gasteiger partial charge in [-0.2, -0.15) is 14.4 Å². The van der Waals surface area contributed by atoms with Crippen molar-refractivity contribution in [3.05, 3.63) is 71.3 Å². The van der Waals surface area contributed by atoms with Gasteiger partial charge in [0.25, 0.3) is 5.91 Å². The lowest BCUT2D eigenvalue weighted by Crippen LogP contribution is -2.36. The molecular weight excluding hydrogens is 620 g/mol. The normalized spacial score (nSPS) is 11.8. The summed E-state index contributed by atoms with van der Waals surface area (Å²) in [7, 11) is 3.66. The van der Waals surface area contributed by atoms with Gasteiger partial charge in [-0.1, -0.05) is 17.4 Å². The topological polar surface area (TPSA) is 129 Å². The van der Waals surface area contributed by atoms with Gasteiger partial charge in [0, 0.05) is 38.4 Å². The van der Waals surface area contributed by atoms with Crippen LogP contribution in [0.1, 0.15) is 21.5 Å². The molecule has 14 heteroatoms. The molecule has 0 saturated heterocycles. The molecule has 4 aromatic rings. The molecule has 0 fully saturated rings. The summed E-state index contributed by atoms with van der Waals surface area (Å²) >= 11 is 1.31. The molecule has 1 heterocycles. The van der Waals surface area contributed by atoms with Crippen molar-refractivity contribution in [3.8, 4) is 17.2 Å². The summed E-state index contributed by atoms with van der Waals surface area (Å²) in [6, 6.07) is 14.9. The van der Waals surface area contributed by atoms with Crippen LogP contribution >= 0.6 is 11.3 Å². The predicted molar refractivity (Wildman–Crippen MR) is 174 cm³/mol. The van der Waals surface area contributed by atoms with E-state index in [1.54, 1.807) is 12.1 Å². The first-order valence-electron chi connectivity index (χ1n) is 13.8. The molecule has 0 bridgehead atoms. The summed E-state index contributed by atoms with van der Waals surface area (Å²) in [6.45, 7) is 2.73. The highest BCUT2D eigenvalue weighted by Gasteiger charge is 2.26. The van der Waals surface area contributed by atoms with E-state index in [2.05, 4.69) is 10.1 Å². The molecule has 0 atom stereocenters. The van der Waals surface area contributed by atoms with Gasteiger partial charge >= 0.3 is 0 Å². The standard InChI is InChI=1S/C31H36N4O8S2/c1-21-7-12-25-28(17-21)44-31(33-25)35(32-20-22-18-26(41-4)29(43-6)27(19-22)42-5)30(36)23-8-10-24(11-9-23)45(37,38)34(13-15-39-2)14-16-40-3/h7-12,17-20H,13-16H2,1-6H3/b32-20+. The zero-order valence-corrected chi connectivity index (χ0v) is 27.6. The van der Waals surface area contributed by atoms with Crippen LogP contribution in [0.15, 0.2) is 64.6 Å². The number of hydrogen-bond donors (Lipinski definition) is 0. The van der Waals surface area contributed by atoms with Gasteiger partial charge in [-0.05, 0) is 61.0 Å². The van der Waals surface area contributed by atoms with Gasteiger partial charge in [-0.25, -0.2) is 13.4 Å². The number of carbonyl (C=O) groups excluding carboxylic acids is 1. The van der Waals surface area contributed by atoms with E-state index in [-0.39, 0.29) is 36.8 Å². The van der Waals surface area contributed by atoms with E-state index in [9.17, 15) is 13.2 Å². The van der Waals surface area contributed by atoms with Crippen LogP contribution in [-0.4, -0.2) is 91.7 Å². The molecule has 240 valence electrons. The lowest BCUT2D eigenvalue weighted by atomic mass is 10.2. The molecular formula is C31H36N4O8S2. The number of nitrogens with zero attached hydrogens (tertiary/aromatic N) is 4. The minimum atomic E-state index is -3.87. The van der Waals surface area contributed by atoms with Crippen molar-refractivity contribution >= 4 is 48.8 Å². The van der Waals surface area contributed by atoms with Crippen LogP contribution in [0.3, 0.4) is 0 Å². The number of hydrogen-bond acceptors (Lipinski definition) is 11. The summed E-state index contributed by atoms with van der Waals surface area (Å²) in [5.41, 5.74) is 2.56. The predicted octanol–water partition coefficient (Wildman–Crippen LogP) is 4.59. The number of hydrazone groups is 1. The van der Waals surface area contributed by atoms with Crippen molar-refractivity contribution in [1.29, 1.82) is 0 Å². The van der Waals surface area contributed by atoms with Crippen molar-refractivity contribution in [2.24, 2.45) is 5.10 Å². The number of thiazole rings is 1. The monoisotopic (exact) mass is 656 g/mol. The fraction of sp³-hybridized carbons (Fsp3) is 0.323. The van der Waals surface area contributed by atoms with Crippen LogP contribution < -0.4 is 19.2 Å². The molecule has 12 nitrogen and oxygen atoms in total. The van der Waals surface area contributed by atoms with Crippen molar-refractivity contribution in [2.75, 3.05) is 66.9 Å². The van der Waals surface area contributed by atoms with Crippen LogP contribution in [0, 0.1) is 6.92 Å². The van der Waals surface area contributed by atoms with Gasteiger partial charge in [0.05, 0.1) is 55.9 Å². The number of benzene rings is 3. The Morgan fingerprint density at radius 3 is 2.07 bits per heavy atom. The quantitative estimate of drug-likeness (QED) is 0.133. The molecule has 0 N–H and O–H groups in total. The molecule has 1 aromatic heterocycles. The Kier molecular flexibility index (Phi) is 11.5. The number of anilines is 1. The third kappa shape index (κ3) is 7.78. The summed E-state index contributed by atoms with van der Waals surface area (Å²) in [5, 5.41) is 6.06. The number of ether oxygens (including phenoxy) is 5. The molecule has 0 unspecified atom stereocenters. The van der Waals surface area contributed by atoms with Crippen LogP contribution in [0.4, 0.5) is 5.13 Å². The third-order valence-electron chi connectivity index (χ3n) is 6.74. The number of carbonyl (C=O) groups is 1. The highest BCUT2D eigenvalue weighted by Crippen LogP contribution is 2.38. The Morgan fingerprint density at radius 2 is 1.51 bits per heavy atom. The Bertz CT molecular complexity index is 1720. The lowest BCUT2D eigenvalue weighted by molar-refractivity contribution is 0.0987. The maximum absolute atomic E-state index is 14.0. The first-order valence-corrected chi connectivity index (χ1v) is 16.1. The van der Waals surface area contributed by atoms with Gasteiger partial charge in [0.1, 0.15) is 0 Å². The van der Waals surface area contributed by atoms with Gasteiger partial charge in [-0.15, -0.1) is 0 Å². The largest absolute Gasteiger partial charge is 0.493 e. The van der Waals surface area contributed by atoms with Crippen molar-refractivity contribution in [1.82, 2.24) is 9.29 Å². The molecule has 0 aliphatic carbocycles. The summed E-state index contributed by atoms with van der Waals surface area (Å²) < 4.78 is 55.4. The second-order valence-corrected chi connectivity index (χ2v) is 12.6.